The zero-order chi connectivity index (χ0) is 21.2. The van der Waals surface area contributed by atoms with Gasteiger partial charge in [0, 0.05) is 24.3 Å². The Balaban J connectivity index is 1.21. The molecule has 5 heteroatoms. The Morgan fingerprint density at radius 2 is 1.77 bits per heavy atom. The molecule has 0 aliphatic carbocycles. The van der Waals surface area contributed by atoms with Gasteiger partial charge in [-0.3, -0.25) is 9.59 Å². The fourth-order valence-corrected chi connectivity index (χ4v) is 4.51. The summed E-state index contributed by atoms with van der Waals surface area (Å²) in [5.41, 5.74) is 7.57. The molecule has 2 amide bonds. The standard InChI is InChI=1S/C26H25N3O2/c30-25(11-5-6-18-12-13-21-20(16-18)17-26(31)27-21)28-22-8-2-4-10-24(22)29-15-14-19-7-1-3-9-23(19)29/h1-4,7-10,12-13,16H,5-6,11,14-15,17H2,(H,27,31)(H,28,30). The number of nitrogens with zero attached hydrogens (tertiary/aromatic N) is 1. The first-order valence-electron chi connectivity index (χ1n) is 10.8. The average molecular weight is 412 g/mol. The maximum atomic E-state index is 12.7. The van der Waals surface area contributed by atoms with Crippen LogP contribution in [0.25, 0.3) is 0 Å². The Bertz CT molecular complexity index is 1150. The molecule has 0 atom stereocenters. The molecule has 156 valence electrons. The van der Waals surface area contributed by atoms with Gasteiger partial charge in [-0.05, 0) is 60.2 Å². The number of benzene rings is 3. The predicted molar refractivity (Wildman–Crippen MR) is 124 cm³/mol. The van der Waals surface area contributed by atoms with Crippen LogP contribution in [0.5, 0.6) is 0 Å². The number of anilines is 4. The number of aryl methyl sites for hydroxylation is 1. The van der Waals surface area contributed by atoms with Gasteiger partial charge in [0.2, 0.25) is 11.8 Å². The van der Waals surface area contributed by atoms with Crippen molar-refractivity contribution in [2.75, 3.05) is 22.1 Å². The topological polar surface area (TPSA) is 61.4 Å². The van der Waals surface area contributed by atoms with Gasteiger partial charge in [0.15, 0.2) is 0 Å². The molecule has 0 radical (unpaired) electrons. The molecule has 2 N–H and O–H groups in total. The summed E-state index contributed by atoms with van der Waals surface area (Å²) >= 11 is 0. The third kappa shape index (κ3) is 4.04. The number of carbonyl (C=O) groups excluding carboxylic acids is 2. The molecule has 0 unspecified atom stereocenters. The molecular weight excluding hydrogens is 386 g/mol. The van der Waals surface area contributed by atoms with E-state index in [1.165, 1.54) is 11.3 Å². The second kappa shape index (κ2) is 8.26. The minimum absolute atomic E-state index is 0.0259. The molecule has 3 aromatic carbocycles. The van der Waals surface area contributed by atoms with Crippen LogP contribution in [0.3, 0.4) is 0 Å². The summed E-state index contributed by atoms with van der Waals surface area (Å²) < 4.78 is 0. The van der Waals surface area contributed by atoms with Crippen molar-refractivity contribution in [3.63, 3.8) is 0 Å². The maximum absolute atomic E-state index is 12.7. The molecule has 2 heterocycles. The van der Waals surface area contributed by atoms with E-state index in [0.717, 1.165) is 54.0 Å². The van der Waals surface area contributed by atoms with Crippen molar-refractivity contribution in [1.29, 1.82) is 0 Å². The quantitative estimate of drug-likeness (QED) is 0.610. The zero-order valence-electron chi connectivity index (χ0n) is 17.4. The Kier molecular flexibility index (Phi) is 5.16. The lowest BCUT2D eigenvalue weighted by Gasteiger charge is -2.23. The van der Waals surface area contributed by atoms with Crippen molar-refractivity contribution in [2.24, 2.45) is 0 Å². The molecule has 0 bridgehead atoms. The van der Waals surface area contributed by atoms with E-state index in [2.05, 4.69) is 51.9 Å². The van der Waals surface area contributed by atoms with Gasteiger partial charge in [-0.1, -0.05) is 42.5 Å². The first-order chi connectivity index (χ1) is 15.2. The van der Waals surface area contributed by atoms with Crippen molar-refractivity contribution < 1.29 is 9.59 Å². The first-order valence-corrected chi connectivity index (χ1v) is 10.8. The van der Waals surface area contributed by atoms with Gasteiger partial charge in [-0.15, -0.1) is 0 Å². The van der Waals surface area contributed by atoms with E-state index in [9.17, 15) is 9.59 Å². The van der Waals surface area contributed by atoms with Gasteiger partial charge in [0.25, 0.3) is 0 Å². The van der Waals surface area contributed by atoms with E-state index in [1.54, 1.807) is 0 Å². The van der Waals surface area contributed by atoms with E-state index in [1.807, 2.05) is 30.3 Å². The number of para-hydroxylation sites is 3. The van der Waals surface area contributed by atoms with E-state index < -0.39 is 0 Å². The van der Waals surface area contributed by atoms with Crippen molar-refractivity contribution in [3.05, 3.63) is 83.4 Å². The maximum Gasteiger partial charge on any atom is 0.228 e. The van der Waals surface area contributed by atoms with Crippen LogP contribution in [-0.2, 0) is 28.9 Å². The Hall–Kier alpha value is -3.60. The van der Waals surface area contributed by atoms with Crippen molar-refractivity contribution in [3.8, 4) is 0 Å². The summed E-state index contributed by atoms with van der Waals surface area (Å²) in [5.74, 6) is 0.0729. The highest BCUT2D eigenvalue weighted by molar-refractivity contribution is 5.99. The molecule has 3 aromatic rings. The highest BCUT2D eigenvalue weighted by Crippen LogP contribution is 2.38. The lowest BCUT2D eigenvalue weighted by atomic mass is 10.0. The summed E-state index contributed by atoms with van der Waals surface area (Å²) in [6.45, 7) is 0.919. The molecule has 5 rings (SSSR count). The van der Waals surface area contributed by atoms with E-state index in [0.29, 0.717) is 12.8 Å². The van der Waals surface area contributed by atoms with Gasteiger partial charge in [-0.25, -0.2) is 0 Å². The van der Waals surface area contributed by atoms with Crippen LogP contribution in [0.1, 0.15) is 29.5 Å². The van der Waals surface area contributed by atoms with Crippen LogP contribution in [0.15, 0.2) is 66.7 Å². The highest BCUT2D eigenvalue weighted by Gasteiger charge is 2.22. The number of amides is 2. The van der Waals surface area contributed by atoms with Crippen LogP contribution in [0.2, 0.25) is 0 Å². The van der Waals surface area contributed by atoms with Crippen molar-refractivity contribution in [2.45, 2.75) is 32.1 Å². The largest absolute Gasteiger partial charge is 0.339 e. The summed E-state index contributed by atoms with van der Waals surface area (Å²) in [4.78, 5) is 26.5. The lowest BCUT2D eigenvalue weighted by molar-refractivity contribution is -0.116. The number of carbonyl (C=O) groups is 2. The molecule has 2 aliphatic rings. The zero-order valence-corrected chi connectivity index (χ0v) is 17.4. The second-order valence-corrected chi connectivity index (χ2v) is 8.17. The normalized spacial score (nSPS) is 14.2. The molecule has 5 nitrogen and oxygen atoms in total. The lowest BCUT2D eigenvalue weighted by Crippen LogP contribution is -2.18. The fraction of sp³-hybridized carbons (Fsp3) is 0.231. The van der Waals surface area contributed by atoms with Gasteiger partial charge in [0.1, 0.15) is 0 Å². The highest BCUT2D eigenvalue weighted by atomic mass is 16.2. The molecule has 31 heavy (non-hydrogen) atoms. The summed E-state index contributed by atoms with van der Waals surface area (Å²) in [5, 5.41) is 5.97. The first kappa shape index (κ1) is 19.4. The Morgan fingerprint density at radius 3 is 2.68 bits per heavy atom. The van der Waals surface area contributed by atoms with Crippen molar-refractivity contribution >= 4 is 34.6 Å². The van der Waals surface area contributed by atoms with Crippen LogP contribution in [-0.4, -0.2) is 18.4 Å². The SMILES string of the molecule is O=C1Cc2cc(CCCC(=O)Nc3ccccc3N3CCc4ccccc43)ccc2N1. The second-order valence-electron chi connectivity index (χ2n) is 8.17. The smallest absolute Gasteiger partial charge is 0.228 e. The molecule has 0 fully saturated rings. The third-order valence-electron chi connectivity index (χ3n) is 6.02. The molecule has 0 saturated carbocycles. The van der Waals surface area contributed by atoms with Crippen LogP contribution < -0.4 is 15.5 Å². The third-order valence-corrected chi connectivity index (χ3v) is 6.02. The summed E-state index contributed by atoms with van der Waals surface area (Å²) in [6.07, 6.45) is 3.50. The predicted octanol–water partition coefficient (Wildman–Crippen LogP) is 4.84. The minimum atomic E-state index is 0.0259. The van der Waals surface area contributed by atoms with Gasteiger partial charge >= 0.3 is 0 Å². The monoisotopic (exact) mass is 411 g/mol. The van der Waals surface area contributed by atoms with E-state index in [-0.39, 0.29) is 11.8 Å². The van der Waals surface area contributed by atoms with Gasteiger partial charge < -0.3 is 15.5 Å². The van der Waals surface area contributed by atoms with Crippen LogP contribution in [0.4, 0.5) is 22.7 Å². The number of hydrogen-bond acceptors (Lipinski definition) is 3. The van der Waals surface area contributed by atoms with Gasteiger partial charge in [-0.2, -0.15) is 0 Å². The molecule has 0 spiro atoms. The summed E-state index contributed by atoms with van der Waals surface area (Å²) in [6, 6.07) is 22.5. The van der Waals surface area contributed by atoms with Crippen LogP contribution >= 0.6 is 0 Å². The molecule has 0 saturated heterocycles. The minimum Gasteiger partial charge on any atom is -0.339 e. The van der Waals surface area contributed by atoms with Gasteiger partial charge in [0.05, 0.1) is 17.8 Å². The molecule has 0 aromatic heterocycles. The molecule has 2 aliphatic heterocycles. The fourth-order valence-electron chi connectivity index (χ4n) is 4.51. The Labute approximate surface area is 182 Å². The average Bonchev–Trinajstić information content (AvgIpc) is 3.36. The summed E-state index contributed by atoms with van der Waals surface area (Å²) in [7, 11) is 0. The number of nitrogens with one attached hydrogen (secondary N) is 2. The van der Waals surface area contributed by atoms with Crippen molar-refractivity contribution in [1.82, 2.24) is 0 Å². The molecular formula is C26H25N3O2. The van der Waals surface area contributed by atoms with Crippen LogP contribution in [0, 0.1) is 0 Å². The van der Waals surface area contributed by atoms with E-state index in [4.69, 9.17) is 0 Å². The Morgan fingerprint density at radius 1 is 0.968 bits per heavy atom. The number of rotatable bonds is 6. The van der Waals surface area contributed by atoms with E-state index >= 15 is 0 Å². The number of fused-ring (bicyclic) bond motifs is 2. The number of hydrogen-bond donors (Lipinski definition) is 2.